The first kappa shape index (κ1) is 25.3. The molecule has 0 fully saturated rings. The van der Waals surface area contributed by atoms with Crippen LogP contribution >= 0.6 is 0 Å². The van der Waals surface area contributed by atoms with E-state index in [0.29, 0.717) is 12.2 Å². The fraction of sp³-hybridized carbons (Fsp3) is 0.310. The van der Waals surface area contributed by atoms with Crippen LogP contribution in [0.25, 0.3) is 10.9 Å². The Morgan fingerprint density at radius 1 is 1.16 bits per heavy atom. The number of benzene rings is 2. The van der Waals surface area contributed by atoms with Crippen molar-refractivity contribution in [2.24, 2.45) is 7.05 Å². The molecular formula is C29H31N5O4. The second-order valence-corrected chi connectivity index (χ2v) is 9.58. The van der Waals surface area contributed by atoms with E-state index >= 15 is 0 Å². The number of aryl methyl sites for hydroxylation is 3. The minimum Gasteiger partial charge on any atom is -0.494 e. The summed E-state index contributed by atoms with van der Waals surface area (Å²) in [6.45, 7) is 1.53. The van der Waals surface area contributed by atoms with Crippen LogP contribution in [0.4, 0.5) is 5.82 Å². The molecule has 0 radical (unpaired) electrons. The molecule has 2 aromatic heterocycles. The Morgan fingerprint density at radius 3 is 2.82 bits per heavy atom. The van der Waals surface area contributed by atoms with Gasteiger partial charge in [0.15, 0.2) is 0 Å². The van der Waals surface area contributed by atoms with Crippen molar-refractivity contribution in [1.29, 1.82) is 0 Å². The third kappa shape index (κ3) is 6.11. The summed E-state index contributed by atoms with van der Waals surface area (Å²) in [6, 6.07) is 15.6. The van der Waals surface area contributed by atoms with E-state index in [1.807, 2.05) is 37.5 Å². The van der Waals surface area contributed by atoms with E-state index < -0.39 is 17.9 Å². The number of carbonyl (C=O) groups is 2. The number of rotatable bonds is 10. The lowest BCUT2D eigenvalue weighted by Gasteiger charge is -2.17. The number of anilines is 1. The number of ether oxygens (including phenoxy) is 1. The Bertz CT molecular complexity index is 1450. The van der Waals surface area contributed by atoms with Gasteiger partial charge in [-0.25, -0.2) is 9.78 Å². The lowest BCUT2D eigenvalue weighted by atomic mass is 10.0. The third-order valence-electron chi connectivity index (χ3n) is 6.65. The van der Waals surface area contributed by atoms with Crippen molar-refractivity contribution in [1.82, 2.24) is 20.1 Å². The fourth-order valence-electron chi connectivity index (χ4n) is 4.64. The quantitative estimate of drug-likeness (QED) is 0.276. The maximum Gasteiger partial charge on any atom is 0.326 e. The predicted octanol–water partition coefficient (Wildman–Crippen LogP) is 3.76. The van der Waals surface area contributed by atoms with Crippen LogP contribution in [0.3, 0.4) is 0 Å². The summed E-state index contributed by atoms with van der Waals surface area (Å²) in [5.41, 5.74) is 4.29. The molecule has 5 rings (SSSR count). The zero-order valence-corrected chi connectivity index (χ0v) is 21.3. The van der Waals surface area contributed by atoms with Gasteiger partial charge in [0, 0.05) is 42.9 Å². The third-order valence-corrected chi connectivity index (χ3v) is 6.65. The number of aromatic nitrogens is 3. The summed E-state index contributed by atoms with van der Waals surface area (Å²) in [7, 11) is 1.81. The predicted molar refractivity (Wildman–Crippen MR) is 145 cm³/mol. The highest BCUT2D eigenvalue weighted by Gasteiger charge is 2.21. The van der Waals surface area contributed by atoms with Gasteiger partial charge in [-0.05, 0) is 73.2 Å². The second kappa shape index (κ2) is 11.3. The molecule has 0 saturated carbocycles. The topological polar surface area (TPSA) is 118 Å². The minimum atomic E-state index is -1.09. The number of aliphatic carboxylic acids is 1. The highest BCUT2D eigenvalue weighted by atomic mass is 16.5. The summed E-state index contributed by atoms with van der Waals surface area (Å²) in [5, 5.41) is 20.8. The average molecular weight is 514 g/mol. The molecule has 0 saturated heterocycles. The van der Waals surface area contributed by atoms with Gasteiger partial charge in [-0.15, -0.1) is 0 Å². The van der Waals surface area contributed by atoms with Crippen LogP contribution in [-0.2, 0) is 31.1 Å². The zero-order valence-electron chi connectivity index (χ0n) is 21.3. The number of carbonyl (C=O) groups excluding carboxylic acids is 1. The van der Waals surface area contributed by atoms with Gasteiger partial charge in [-0.3, -0.25) is 9.48 Å². The van der Waals surface area contributed by atoms with Gasteiger partial charge in [0.1, 0.15) is 17.6 Å². The Hall–Kier alpha value is -4.40. The van der Waals surface area contributed by atoms with Crippen molar-refractivity contribution in [3.05, 3.63) is 83.2 Å². The number of pyridine rings is 1. The normalized spacial score (nSPS) is 13.4. The monoisotopic (exact) mass is 513 g/mol. The average Bonchev–Trinajstić information content (AvgIpc) is 3.30. The van der Waals surface area contributed by atoms with Gasteiger partial charge in [-0.2, -0.15) is 5.10 Å². The van der Waals surface area contributed by atoms with E-state index in [2.05, 4.69) is 27.9 Å². The van der Waals surface area contributed by atoms with E-state index in [1.165, 1.54) is 5.56 Å². The molecule has 0 aliphatic carbocycles. The van der Waals surface area contributed by atoms with Gasteiger partial charge in [0.2, 0.25) is 0 Å². The highest BCUT2D eigenvalue weighted by Crippen LogP contribution is 2.21. The zero-order chi connectivity index (χ0) is 26.5. The molecule has 9 nitrogen and oxygen atoms in total. The van der Waals surface area contributed by atoms with Crippen LogP contribution in [0.2, 0.25) is 0 Å². The van der Waals surface area contributed by atoms with Crippen molar-refractivity contribution in [3.8, 4) is 5.75 Å². The van der Waals surface area contributed by atoms with Crippen molar-refractivity contribution in [2.45, 2.75) is 38.1 Å². The van der Waals surface area contributed by atoms with Crippen LogP contribution in [0.5, 0.6) is 5.75 Å². The highest BCUT2D eigenvalue weighted by molar-refractivity contribution is 5.99. The molecule has 2 aromatic carbocycles. The van der Waals surface area contributed by atoms with Crippen molar-refractivity contribution < 1.29 is 19.4 Å². The number of nitrogens with zero attached hydrogens (tertiary/aromatic N) is 3. The smallest absolute Gasteiger partial charge is 0.326 e. The first-order valence-corrected chi connectivity index (χ1v) is 12.9. The largest absolute Gasteiger partial charge is 0.494 e. The van der Waals surface area contributed by atoms with Gasteiger partial charge in [-0.1, -0.05) is 18.2 Å². The Labute approximate surface area is 220 Å². The lowest BCUT2D eigenvalue weighted by molar-refractivity contribution is -0.139. The van der Waals surface area contributed by atoms with Gasteiger partial charge >= 0.3 is 5.97 Å². The van der Waals surface area contributed by atoms with Crippen LogP contribution in [0.1, 0.15) is 40.0 Å². The van der Waals surface area contributed by atoms with Crippen LogP contribution in [0.15, 0.2) is 60.8 Å². The number of nitrogens with one attached hydrogen (secondary N) is 2. The molecule has 196 valence electrons. The summed E-state index contributed by atoms with van der Waals surface area (Å²) < 4.78 is 7.54. The van der Waals surface area contributed by atoms with Gasteiger partial charge in [0.25, 0.3) is 5.91 Å². The Balaban J connectivity index is 1.11. The van der Waals surface area contributed by atoms with E-state index in [1.54, 1.807) is 22.9 Å². The molecule has 0 bridgehead atoms. The molecule has 4 aromatic rings. The molecule has 1 aliphatic rings. The Morgan fingerprint density at radius 2 is 2.00 bits per heavy atom. The molecule has 38 heavy (non-hydrogen) atoms. The SMILES string of the molecule is Cn1cc2cc(C(=O)NC(Cc3ccc(OCCCc4ccc5c(n4)NCCC5)cc3)C(=O)O)ccc2n1. The number of carboxylic acid groups (broad SMARTS) is 1. The van der Waals surface area contributed by atoms with E-state index in [9.17, 15) is 14.7 Å². The van der Waals surface area contributed by atoms with E-state index in [0.717, 1.165) is 66.0 Å². The molecule has 9 heteroatoms. The number of amides is 1. The summed E-state index contributed by atoms with van der Waals surface area (Å²) >= 11 is 0. The Kier molecular flexibility index (Phi) is 7.53. The fourth-order valence-corrected chi connectivity index (χ4v) is 4.64. The van der Waals surface area contributed by atoms with Gasteiger partial charge in [0.05, 0.1) is 12.1 Å². The standard InChI is InChI=1S/C29H31N5O4/c1-34-18-22-17-21(9-13-25(22)33-34)28(35)32-26(29(36)37)16-19-6-11-24(12-7-19)38-15-3-5-23-10-8-20-4-2-14-30-27(20)31-23/h6-13,17-18,26H,2-5,14-16H2,1H3,(H,30,31)(H,32,35)(H,36,37). The molecule has 3 heterocycles. The van der Waals surface area contributed by atoms with E-state index in [-0.39, 0.29) is 6.42 Å². The number of fused-ring (bicyclic) bond motifs is 2. The molecule has 1 atom stereocenters. The van der Waals surface area contributed by atoms with Gasteiger partial charge < -0.3 is 20.5 Å². The summed E-state index contributed by atoms with van der Waals surface area (Å²) in [5.74, 6) is 0.199. The van der Waals surface area contributed by atoms with Crippen molar-refractivity contribution in [3.63, 3.8) is 0 Å². The number of carboxylic acids is 1. The minimum absolute atomic E-state index is 0.161. The molecule has 1 aliphatic heterocycles. The molecule has 3 N–H and O–H groups in total. The first-order valence-electron chi connectivity index (χ1n) is 12.9. The maximum atomic E-state index is 12.7. The number of hydrogen-bond donors (Lipinski definition) is 3. The summed E-state index contributed by atoms with van der Waals surface area (Å²) in [4.78, 5) is 29.3. The van der Waals surface area contributed by atoms with E-state index in [4.69, 9.17) is 9.72 Å². The second-order valence-electron chi connectivity index (χ2n) is 9.58. The molecule has 1 amide bonds. The molecular weight excluding hydrogens is 482 g/mol. The lowest BCUT2D eigenvalue weighted by Crippen LogP contribution is -2.42. The molecule has 0 spiro atoms. The van der Waals surface area contributed by atoms with Crippen LogP contribution < -0.4 is 15.4 Å². The maximum absolute atomic E-state index is 12.7. The molecule has 1 unspecified atom stereocenters. The van der Waals surface area contributed by atoms with Crippen molar-refractivity contribution >= 4 is 28.6 Å². The van der Waals surface area contributed by atoms with Crippen LogP contribution in [0, 0.1) is 0 Å². The van der Waals surface area contributed by atoms with Crippen molar-refractivity contribution in [2.75, 3.05) is 18.5 Å². The first-order chi connectivity index (χ1) is 18.4. The number of hydrogen-bond acceptors (Lipinski definition) is 6. The summed E-state index contributed by atoms with van der Waals surface area (Å²) in [6.07, 6.45) is 5.87. The van der Waals surface area contributed by atoms with Crippen LogP contribution in [-0.4, -0.2) is 50.9 Å².